The summed E-state index contributed by atoms with van der Waals surface area (Å²) in [6.45, 7) is 1.84. The highest BCUT2D eigenvalue weighted by atomic mass is 19.4. The van der Waals surface area contributed by atoms with Gasteiger partial charge in [0.1, 0.15) is 11.4 Å². The van der Waals surface area contributed by atoms with E-state index in [4.69, 9.17) is 0 Å². The lowest BCUT2D eigenvalue weighted by molar-refractivity contribution is -0.143. The number of pyridine rings is 1. The van der Waals surface area contributed by atoms with Crippen molar-refractivity contribution in [3.8, 4) is 22.6 Å². The van der Waals surface area contributed by atoms with E-state index in [1.54, 1.807) is 30.6 Å². The molecule has 0 aliphatic heterocycles. The van der Waals surface area contributed by atoms with E-state index in [1.807, 2.05) is 35.7 Å². The lowest BCUT2D eigenvalue weighted by Crippen LogP contribution is -2.12. The van der Waals surface area contributed by atoms with E-state index in [0.717, 1.165) is 22.5 Å². The summed E-state index contributed by atoms with van der Waals surface area (Å²) in [6.07, 6.45) is -0.840. The first-order chi connectivity index (χ1) is 14.8. The quantitative estimate of drug-likeness (QED) is 0.451. The first kappa shape index (κ1) is 20.6. The summed E-state index contributed by atoms with van der Waals surface area (Å²) in [5, 5.41) is 7.97. The van der Waals surface area contributed by atoms with Gasteiger partial charge in [0.05, 0.1) is 30.2 Å². The van der Waals surface area contributed by atoms with Gasteiger partial charge < -0.3 is 0 Å². The SMILES string of the molecule is Cc1cnnc(-c2ccn3c(-c4cccc(CC(=O)CCC(F)(F)F)c4)cnc3c2)n1. The number of hydrogen-bond donors (Lipinski definition) is 0. The molecule has 0 fully saturated rings. The second-order valence-electron chi connectivity index (χ2n) is 7.24. The van der Waals surface area contributed by atoms with Crippen LogP contribution < -0.4 is 0 Å². The maximum Gasteiger partial charge on any atom is 0.389 e. The van der Waals surface area contributed by atoms with E-state index in [1.165, 1.54) is 0 Å². The molecule has 1 aromatic carbocycles. The molecule has 0 unspecified atom stereocenters. The molecule has 0 atom stereocenters. The number of Topliss-reactive ketones (excluding diaryl/α,β-unsaturated/α-hetero) is 1. The molecule has 3 aromatic heterocycles. The third-order valence-corrected chi connectivity index (χ3v) is 4.76. The fourth-order valence-electron chi connectivity index (χ4n) is 3.28. The molecule has 0 bridgehead atoms. The molecule has 3 heterocycles. The van der Waals surface area contributed by atoms with Crippen LogP contribution in [0.15, 0.2) is 55.0 Å². The van der Waals surface area contributed by atoms with Crippen molar-refractivity contribution in [3.63, 3.8) is 0 Å². The maximum absolute atomic E-state index is 12.3. The minimum absolute atomic E-state index is 0.0392. The number of benzene rings is 1. The number of carbonyl (C=O) groups is 1. The zero-order valence-corrected chi connectivity index (χ0v) is 16.6. The molecule has 0 saturated heterocycles. The van der Waals surface area contributed by atoms with Gasteiger partial charge in [-0.15, -0.1) is 5.10 Å². The van der Waals surface area contributed by atoms with E-state index in [0.29, 0.717) is 17.0 Å². The summed E-state index contributed by atoms with van der Waals surface area (Å²) in [5.74, 6) is 0.0652. The van der Waals surface area contributed by atoms with Crippen LogP contribution >= 0.6 is 0 Å². The largest absolute Gasteiger partial charge is 0.389 e. The average molecular weight is 425 g/mol. The fourth-order valence-corrected chi connectivity index (χ4v) is 3.28. The molecule has 0 spiro atoms. The third kappa shape index (κ3) is 4.93. The summed E-state index contributed by atoms with van der Waals surface area (Å²) in [5.41, 5.74) is 4.50. The highest BCUT2D eigenvalue weighted by molar-refractivity contribution is 5.81. The van der Waals surface area contributed by atoms with Crippen LogP contribution in [0.2, 0.25) is 0 Å². The van der Waals surface area contributed by atoms with Crippen LogP contribution in [0.4, 0.5) is 13.2 Å². The number of imidazole rings is 1. The second-order valence-corrected chi connectivity index (χ2v) is 7.24. The molecule has 0 aliphatic rings. The minimum atomic E-state index is -4.33. The number of aryl methyl sites for hydroxylation is 1. The highest BCUT2D eigenvalue weighted by Crippen LogP contribution is 2.25. The van der Waals surface area contributed by atoms with Crippen molar-refractivity contribution in [1.29, 1.82) is 0 Å². The molecule has 4 rings (SSSR count). The average Bonchev–Trinajstić information content (AvgIpc) is 3.15. The van der Waals surface area contributed by atoms with Gasteiger partial charge in [-0.05, 0) is 30.7 Å². The molecule has 6 nitrogen and oxygen atoms in total. The number of nitrogens with zero attached hydrogens (tertiary/aromatic N) is 5. The Kier molecular flexibility index (Phi) is 5.50. The standard InChI is InChI=1S/C22H18F3N5O/c1-14-12-27-29-21(28-14)17-6-8-30-19(13-26-20(30)11-17)16-4-2-3-15(9-16)10-18(31)5-7-22(23,24)25/h2-4,6,8-9,11-13H,5,7,10H2,1H3. The van der Waals surface area contributed by atoms with Crippen molar-refractivity contribution in [3.05, 3.63) is 66.2 Å². The Bertz CT molecular complexity index is 1250. The Morgan fingerprint density at radius 2 is 1.94 bits per heavy atom. The molecule has 0 N–H and O–H groups in total. The summed E-state index contributed by atoms with van der Waals surface area (Å²) >= 11 is 0. The number of ketones is 1. The summed E-state index contributed by atoms with van der Waals surface area (Å²) in [4.78, 5) is 20.7. The lowest BCUT2D eigenvalue weighted by atomic mass is 10.0. The Balaban J connectivity index is 1.58. The van der Waals surface area contributed by atoms with Gasteiger partial charge in [-0.25, -0.2) is 9.97 Å². The van der Waals surface area contributed by atoms with E-state index < -0.39 is 24.8 Å². The Morgan fingerprint density at radius 1 is 1.10 bits per heavy atom. The number of halogens is 3. The maximum atomic E-state index is 12.3. The molecular formula is C22H18F3N5O. The zero-order chi connectivity index (χ0) is 22.0. The molecule has 31 heavy (non-hydrogen) atoms. The first-order valence-electron chi connectivity index (χ1n) is 9.60. The topological polar surface area (TPSA) is 73.0 Å². The Morgan fingerprint density at radius 3 is 2.71 bits per heavy atom. The number of alkyl halides is 3. The molecule has 4 aromatic rings. The van der Waals surface area contributed by atoms with Crippen LogP contribution in [0.25, 0.3) is 28.3 Å². The lowest BCUT2D eigenvalue weighted by Gasteiger charge is -2.07. The van der Waals surface area contributed by atoms with Gasteiger partial charge in [0.25, 0.3) is 0 Å². The molecule has 9 heteroatoms. The van der Waals surface area contributed by atoms with Crippen molar-refractivity contribution < 1.29 is 18.0 Å². The third-order valence-electron chi connectivity index (χ3n) is 4.76. The fraction of sp³-hybridized carbons (Fsp3) is 0.227. The van der Waals surface area contributed by atoms with Crippen LogP contribution in [0, 0.1) is 6.92 Å². The van der Waals surface area contributed by atoms with Crippen molar-refractivity contribution >= 4 is 11.4 Å². The molecule has 0 amide bonds. The Hall–Kier alpha value is -3.62. The van der Waals surface area contributed by atoms with E-state index in [2.05, 4.69) is 20.2 Å². The van der Waals surface area contributed by atoms with Crippen LogP contribution in [-0.4, -0.2) is 36.5 Å². The van der Waals surface area contributed by atoms with E-state index in [-0.39, 0.29) is 6.42 Å². The normalized spacial score (nSPS) is 11.7. The number of fused-ring (bicyclic) bond motifs is 1. The van der Waals surface area contributed by atoms with Gasteiger partial charge in [0.15, 0.2) is 5.82 Å². The van der Waals surface area contributed by atoms with Crippen LogP contribution in [0.5, 0.6) is 0 Å². The zero-order valence-electron chi connectivity index (χ0n) is 16.6. The molecular weight excluding hydrogens is 407 g/mol. The van der Waals surface area contributed by atoms with Gasteiger partial charge in [-0.2, -0.15) is 18.3 Å². The summed E-state index contributed by atoms with van der Waals surface area (Å²) in [6, 6.07) is 10.9. The highest BCUT2D eigenvalue weighted by Gasteiger charge is 2.27. The van der Waals surface area contributed by atoms with E-state index >= 15 is 0 Å². The number of hydrogen-bond acceptors (Lipinski definition) is 5. The van der Waals surface area contributed by atoms with Crippen LogP contribution in [0.3, 0.4) is 0 Å². The van der Waals surface area contributed by atoms with Crippen LogP contribution in [-0.2, 0) is 11.2 Å². The van der Waals surface area contributed by atoms with Crippen molar-refractivity contribution in [1.82, 2.24) is 24.6 Å². The number of rotatable bonds is 6. The minimum Gasteiger partial charge on any atom is -0.300 e. The monoisotopic (exact) mass is 425 g/mol. The van der Waals surface area contributed by atoms with Gasteiger partial charge >= 0.3 is 6.18 Å². The Labute approximate surface area is 175 Å². The molecule has 0 aliphatic carbocycles. The van der Waals surface area contributed by atoms with Gasteiger partial charge in [0, 0.05) is 30.2 Å². The van der Waals surface area contributed by atoms with Crippen molar-refractivity contribution in [2.24, 2.45) is 0 Å². The van der Waals surface area contributed by atoms with Crippen LogP contribution in [0.1, 0.15) is 24.1 Å². The number of carbonyl (C=O) groups excluding carboxylic acids is 1. The van der Waals surface area contributed by atoms with E-state index in [9.17, 15) is 18.0 Å². The van der Waals surface area contributed by atoms with Crippen molar-refractivity contribution in [2.75, 3.05) is 0 Å². The molecule has 0 radical (unpaired) electrons. The summed E-state index contributed by atoms with van der Waals surface area (Å²) < 4.78 is 38.9. The molecule has 158 valence electrons. The number of aromatic nitrogens is 5. The smallest absolute Gasteiger partial charge is 0.300 e. The van der Waals surface area contributed by atoms with Gasteiger partial charge in [-0.1, -0.05) is 18.2 Å². The van der Waals surface area contributed by atoms with Gasteiger partial charge in [-0.3, -0.25) is 9.20 Å². The van der Waals surface area contributed by atoms with Crippen molar-refractivity contribution in [2.45, 2.75) is 32.4 Å². The van der Waals surface area contributed by atoms with Gasteiger partial charge in [0.2, 0.25) is 0 Å². The second kappa shape index (κ2) is 8.25. The first-order valence-corrected chi connectivity index (χ1v) is 9.60. The summed E-state index contributed by atoms with van der Waals surface area (Å²) in [7, 11) is 0. The molecule has 0 saturated carbocycles. The predicted molar refractivity (Wildman–Crippen MR) is 108 cm³/mol. The predicted octanol–water partition coefficient (Wildman–Crippen LogP) is 4.62.